The van der Waals surface area contributed by atoms with E-state index >= 15 is 0 Å². The second-order valence-corrected chi connectivity index (χ2v) is 11.4. The van der Waals surface area contributed by atoms with Crippen molar-refractivity contribution in [1.29, 1.82) is 0 Å². The molecule has 27 heavy (non-hydrogen) atoms. The number of benzene rings is 2. The molecule has 0 saturated heterocycles. The Bertz CT molecular complexity index is 955. The van der Waals surface area contributed by atoms with Crippen molar-refractivity contribution in [3.63, 3.8) is 0 Å². The van der Waals surface area contributed by atoms with Crippen molar-refractivity contribution in [1.82, 2.24) is 0 Å². The average Bonchev–Trinajstić information content (AvgIpc) is 2.56. The Kier molecular flexibility index (Phi) is 7.08. The molecule has 0 heterocycles. The molecule has 8 heteroatoms. The molecule has 2 aromatic rings. The Morgan fingerprint density at radius 3 is 2.00 bits per heavy atom. The quantitative estimate of drug-likeness (QED) is 0.413. The smallest absolute Gasteiger partial charge is 0.186 e. The van der Waals surface area contributed by atoms with E-state index in [0.717, 1.165) is 0 Å². The van der Waals surface area contributed by atoms with Gasteiger partial charge in [-0.1, -0.05) is 70.6 Å². The number of sulfone groups is 1. The Hall–Kier alpha value is -0.590. The second-order valence-electron chi connectivity index (χ2n) is 6.75. The van der Waals surface area contributed by atoms with Gasteiger partial charge in [-0.25, -0.2) is 8.42 Å². The molecule has 3 nitrogen and oxygen atoms in total. The Morgan fingerprint density at radius 2 is 1.52 bits per heavy atom. The van der Waals surface area contributed by atoms with Gasteiger partial charge >= 0.3 is 0 Å². The summed E-state index contributed by atoms with van der Waals surface area (Å²) in [5, 5.41) is -0.222. The summed E-state index contributed by atoms with van der Waals surface area (Å²) in [7, 11) is -3.97. The van der Waals surface area contributed by atoms with E-state index in [0.29, 0.717) is 15.6 Å². The number of carbonyl (C=O) groups excluding carboxylic acids is 1. The third kappa shape index (κ3) is 4.70. The molecule has 0 aromatic heterocycles. The first-order valence-corrected chi connectivity index (χ1v) is 11.6. The SMILES string of the molecule is CC(Br)C(=O)C(C)(C)C(c1ccc(Cl)cc1Cl)S(=O)(=O)c1ccc(Cl)cc1. The molecule has 2 aromatic carbocycles. The molecule has 2 unspecified atom stereocenters. The molecular formula is C19H18BrCl3O3S. The fourth-order valence-corrected chi connectivity index (χ4v) is 6.58. The maximum absolute atomic E-state index is 13.6. The molecule has 0 saturated carbocycles. The third-order valence-corrected chi connectivity index (χ3v) is 7.97. The number of hydrogen-bond acceptors (Lipinski definition) is 3. The van der Waals surface area contributed by atoms with Crippen molar-refractivity contribution in [2.45, 2.75) is 35.7 Å². The summed E-state index contributed by atoms with van der Waals surface area (Å²) < 4.78 is 27.1. The van der Waals surface area contributed by atoms with E-state index in [9.17, 15) is 13.2 Å². The number of halogens is 4. The summed E-state index contributed by atoms with van der Waals surface area (Å²) in [6, 6.07) is 10.4. The summed E-state index contributed by atoms with van der Waals surface area (Å²) in [4.78, 5) is 12.4. The zero-order chi connectivity index (χ0) is 20.6. The first-order chi connectivity index (χ1) is 12.4. The first-order valence-electron chi connectivity index (χ1n) is 8.02. The van der Waals surface area contributed by atoms with Crippen LogP contribution in [0.25, 0.3) is 0 Å². The molecule has 0 fully saturated rings. The lowest BCUT2D eigenvalue weighted by atomic mass is 9.80. The average molecular weight is 513 g/mol. The van der Waals surface area contributed by atoms with Gasteiger partial charge in [0.15, 0.2) is 15.6 Å². The van der Waals surface area contributed by atoms with Crippen molar-refractivity contribution >= 4 is 66.4 Å². The molecule has 146 valence electrons. The van der Waals surface area contributed by atoms with Gasteiger partial charge in [-0.3, -0.25) is 4.79 Å². The highest BCUT2D eigenvalue weighted by Crippen LogP contribution is 2.47. The molecule has 0 aliphatic heterocycles. The fraction of sp³-hybridized carbons (Fsp3) is 0.316. The zero-order valence-electron chi connectivity index (χ0n) is 14.8. The van der Waals surface area contributed by atoms with E-state index in [1.165, 1.54) is 30.3 Å². The topological polar surface area (TPSA) is 51.2 Å². The molecule has 0 N–H and O–H groups in total. The van der Waals surface area contributed by atoms with Crippen molar-refractivity contribution in [3.05, 3.63) is 63.1 Å². The maximum Gasteiger partial charge on any atom is 0.186 e. The van der Waals surface area contributed by atoms with Crippen LogP contribution >= 0.6 is 50.7 Å². The molecule has 0 amide bonds. The van der Waals surface area contributed by atoms with Crippen LogP contribution in [-0.4, -0.2) is 19.0 Å². The van der Waals surface area contributed by atoms with Crippen LogP contribution in [0.4, 0.5) is 0 Å². The lowest BCUT2D eigenvalue weighted by Gasteiger charge is -2.34. The predicted octanol–water partition coefficient (Wildman–Crippen LogP) is 6.54. The third-order valence-electron chi connectivity index (χ3n) is 4.35. The highest BCUT2D eigenvalue weighted by atomic mass is 79.9. The van der Waals surface area contributed by atoms with Gasteiger partial charge in [0.05, 0.1) is 9.72 Å². The van der Waals surface area contributed by atoms with Gasteiger partial charge in [-0.15, -0.1) is 0 Å². The summed E-state index contributed by atoms with van der Waals surface area (Å²) in [5.74, 6) is -0.254. The summed E-state index contributed by atoms with van der Waals surface area (Å²) in [5.41, 5.74) is -0.943. The van der Waals surface area contributed by atoms with E-state index in [2.05, 4.69) is 15.9 Å². The van der Waals surface area contributed by atoms with E-state index in [-0.39, 0.29) is 15.7 Å². The molecule has 0 aliphatic rings. The van der Waals surface area contributed by atoms with Crippen molar-refractivity contribution in [2.75, 3.05) is 0 Å². The first kappa shape index (κ1) is 22.7. The molecule has 2 rings (SSSR count). The molecule has 0 bridgehead atoms. The van der Waals surface area contributed by atoms with Gasteiger partial charge in [-0.2, -0.15) is 0 Å². The van der Waals surface area contributed by atoms with Gasteiger partial charge in [-0.05, 0) is 48.9 Å². The van der Waals surface area contributed by atoms with Gasteiger partial charge in [0.2, 0.25) is 0 Å². The van der Waals surface area contributed by atoms with Gasteiger partial charge in [0.25, 0.3) is 0 Å². The lowest BCUT2D eigenvalue weighted by Crippen LogP contribution is -2.39. The van der Waals surface area contributed by atoms with Crippen LogP contribution in [0.15, 0.2) is 47.4 Å². The Morgan fingerprint density at radius 1 is 1.00 bits per heavy atom. The molecule has 0 radical (unpaired) electrons. The van der Waals surface area contributed by atoms with E-state index in [1.807, 2.05) is 0 Å². The number of Topliss-reactive ketones (excluding diaryl/α,β-unsaturated/α-hetero) is 1. The number of rotatable bonds is 6. The monoisotopic (exact) mass is 510 g/mol. The van der Waals surface area contributed by atoms with Crippen molar-refractivity contribution in [3.8, 4) is 0 Å². The molecule has 0 aliphatic carbocycles. The van der Waals surface area contributed by atoms with Crippen LogP contribution in [0, 0.1) is 5.41 Å². The Balaban J connectivity index is 2.77. The van der Waals surface area contributed by atoms with Crippen LogP contribution in [0.3, 0.4) is 0 Å². The minimum absolute atomic E-state index is 0.0611. The lowest BCUT2D eigenvalue weighted by molar-refractivity contribution is -0.126. The molecule has 2 atom stereocenters. The standard InChI is InChI=1S/C19H18BrCl3O3S/c1-11(20)17(24)19(2,3)18(15-9-6-13(22)10-16(15)23)27(25,26)14-7-4-12(21)5-8-14/h4-11,18H,1-3H3. The number of ketones is 1. The largest absolute Gasteiger partial charge is 0.298 e. The maximum atomic E-state index is 13.6. The van der Waals surface area contributed by atoms with Crippen molar-refractivity contribution < 1.29 is 13.2 Å². The van der Waals surface area contributed by atoms with Gasteiger partial charge < -0.3 is 0 Å². The predicted molar refractivity (Wildman–Crippen MR) is 115 cm³/mol. The van der Waals surface area contributed by atoms with Gasteiger partial charge in [0, 0.05) is 20.5 Å². The van der Waals surface area contributed by atoms with E-state index in [4.69, 9.17) is 34.8 Å². The van der Waals surface area contributed by atoms with Crippen LogP contribution in [0.2, 0.25) is 15.1 Å². The van der Waals surface area contributed by atoms with E-state index in [1.54, 1.807) is 32.9 Å². The normalized spacial score (nSPS) is 14.6. The van der Waals surface area contributed by atoms with Crippen LogP contribution in [-0.2, 0) is 14.6 Å². The second kappa shape index (κ2) is 8.42. The zero-order valence-corrected chi connectivity index (χ0v) is 19.5. The molecule has 0 spiro atoms. The van der Waals surface area contributed by atoms with Crippen LogP contribution < -0.4 is 0 Å². The Labute approximate surface area is 183 Å². The molecular weight excluding hydrogens is 495 g/mol. The van der Waals surface area contributed by atoms with Crippen LogP contribution in [0.1, 0.15) is 31.6 Å². The number of carbonyl (C=O) groups is 1. The summed E-state index contributed by atoms with van der Waals surface area (Å²) >= 11 is 21.5. The van der Waals surface area contributed by atoms with Crippen molar-refractivity contribution in [2.24, 2.45) is 5.41 Å². The summed E-state index contributed by atoms with van der Waals surface area (Å²) in [6.45, 7) is 4.88. The van der Waals surface area contributed by atoms with Crippen LogP contribution in [0.5, 0.6) is 0 Å². The fourth-order valence-electron chi connectivity index (χ4n) is 3.06. The number of alkyl halides is 1. The van der Waals surface area contributed by atoms with Gasteiger partial charge in [0.1, 0.15) is 5.25 Å². The summed E-state index contributed by atoms with van der Waals surface area (Å²) in [6.07, 6.45) is 0. The minimum Gasteiger partial charge on any atom is -0.298 e. The minimum atomic E-state index is -3.97. The highest BCUT2D eigenvalue weighted by molar-refractivity contribution is 9.10. The number of hydrogen-bond donors (Lipinski definition) is 0. The highest BCUT2D eigenvalue weighted by Gasteiger charge is 2.47. The van der Waals surface area contributed by atoms with E-state index < -0.39 is 25.3 Å².